The Labute approximate surface area is 124 Å². The lowest BCUT2D eigenvalue weighted by molar-refractivity contribution is 0.0611. The van der Waals surface area contributed by atoms with Gasteiger partial charge in [0.2, 0.25) is 0 Å². The van der Waals surface area contributed by atoms with Crippen LogP contribution in [-0.2, 0) is 7.05 Å². The van der Waals surface area contributed by atoms with Gasteiger partial charge >= 0.3 is 0 Å². The minimum atomic E-state index is 0.0427. The molecular formula is C13H21N5OS. The van der Waals surface area contributed by atoms with Crippen molar-refractivity contribution >= 4 is 23.1 Å². The molecule has 2 heterocycles. The van der Waals surface area contributed by atoms with E-state index in [1.165, 1.54) is 0 Å². The molecule has 0 saturated carbocycles. The van der Waals surface area contributed by atoms with E-state index in [1.807, 2.05) is 11.9 Å². The number of carbonyl (C=O) groups is 1. The number of aromatic nitrogens is 2. The number of nitrogens with two attached hydrogens (primary N) is 1. The molecule has 6 nitrogen and oxygen atoms in total. The van der Waals surface area contributed by atoms with Gasteiger partial charge < -0.3 is 10.6 Å². The number of carbonyl (C=O) groups excluding carboxylic acids is 1. The van der Waals surface area contributed by atoms with Crippen LogP contribution < -0.4 is 5.73 Å². The number of hydrogen-bond donors (Lipinski definition) is 1. The first-order valence-corrected chi connectivity index (χ1v) is 7.25. The van der Waals surface area contributed by atoms with Crippen LogP contribution in [-0.4, -0.2) is 62.7 Å². The van der Waals surface area contributed by atoms with Crippen molar-refractivity contribution in [2.24, 2.45) is 12.8 Å². The molecule has 1 fully saturated rings. The molecule has 0 aromatic carbocycles. The van der Waals surface area contributed by atoms with E-state index < -0.39 is 0 Å². The quantitative estimate of drug-likeness (QED) is 0.806. The van der Waals surface area contributed by atoms with Crippen LogP contribution >= 0.6 is 12.2 Å². The third-order valence-electron chi connectivity index (χ3n) is 3.71. The second-order valence-electron chi connectivity index (χ2n) is 5.06. The van der Waals surface area contributed by atoms with Crippen LogP contribution in [0, 0.1) is 0 Å². The molecule has 0 bridgehead atoms. The van der Waals surface area contributed by atoms with Crippen LogP contribution in [0.2, 0.25) is 0 Å². The first-order chi connectivity index (χ1) is 9.52. The van der Waals surface area contributed by atoms with Gasteiger partial charge in [0.15, 0.2) is 0 Å². The predicted molar refractivity (Wildman–Crippen MR) is 81.5 cm³/mol. The highest BCUT2D eigenvalue weighted by Crippen LogP contribution is 2.12. The van der Waals surface area contributed by atoms with E-state index in [-0.39, 0.29) is 11.9 Å². The van der Waals surface area contributed by atoms with Gasteiger partial charge in [0, 0.05) is 39.4 Å². The molecule has 1 aliphatic rings. The first kappa shape index (κ1) is 14.9. The highest BCUT2D eigenvalue weighted by atomic mass is 32.1. The summed E-state index contributed by atoms with van der Waals surface area (Å²) in [5.74, 6) is 0.0427. The molecule has 2 N–H and O–H groups in total. The lowest BCUT2D eigenvalue weighted by atomic mass is 10.1. The van der Waals surface area contributed by atoms with Gasteiger partial charge in [0.05, 0.1) is 22.8 Å². The Kier molecular flexibility index (Phi) is 4.72. The Morgan fingerprint density at radius 3 is 2.55 bits per heavy atom. The highest BCUT2D eigenvalue weighted by Gasteiger charge is 2.27. The summed E-state index contributed by atoms with van der Waals surface area (Å²) >= 11 is 5.10. The second-order valence-corrected chi connectivity index (χ2v) is 5.53. The summed E-state index contributed by atoms with van der Waals surface area (Å²) in [5.41, 5.74) is 6.41. The molecule has 1 amide bonds. The third-order valence-corrected chi connectivity index (χ3v) is 3.98. The maximum Gasteiger partial charge on any atom is 0.257 e. The average molecular weight is 295 g/mol. The monoisotopic (exact) mass is 295 g/mol. The van der Waals surface area contributed by atoms with E-state index in [4.69, 9.17) is 18.0 Å². The zero-order valence-corrected chi connectivity index (χ0v) is 12.8. The molecule has 1 saturated heterocycles. The Bertz CT molecular complexity index is 493. The molecule has 7 heteroatoms. The fraction of sp³-hybridized carbons (Fsp3) is 0.615. The second kappa shape index (κ2) is 6.32. The SMILES string of the molecule is CCC(C(N)=S)N1CCN(C(=O)c2cnn(C)c2)CC1. The van der Waals surface area contributed by atoms with E-state index in [0.29, 0.717) is 23.6 Å². The molecule has 20 heavy (non-hydrogen) atoms. The summed E-state index contributed by atoms with van der Waals surface area (Å²) in [7, 11) is 1.81. The van der Waals surface area contributed by atoms with Crippen molar-refractivity contribution in [1.29, 1.82) is 0 Å². The Morgan fingerprint density at radius 2 is 2.10 bits per heavy atom. The summed E-state index contributed by atoms with van der Waals surface area (Å²) in [5, 5.41) is 4.04. The van der Waals surface area contributed by atoms with E-state index in [1.54, 1.807) is 17.1 Å². The Morgan fingerprint density at radius 1 is 1.45 bits per heavy atom. The molecule has 1 unspecified atom stereocenters. The maximum absolute atomic E-state index is 12.3. The van der Waals surface area contributed by atoms with E-state index in [9.17, 15) is 4.79 Å². The summed E-state index contributed by atoms with van der Waals surface area (Å²) < 4.78 is 1.64. The largest absolute Gasteiger partial charge is 0.392 e. The normalized spacial score (nSPS) is 18.0. The van der Waals surface area contributed by atoms with Crippen molar-refractivity contribution in [2.75, 3.05) is 26.2 Å². The Balaban J connectivity index is 1.94. The molecule has 1 aromatic rings. The van der Waals surface area contributed by atoms with Crippen molar-refractivity contribution in [1.82, 2.24) is 19.6 Å². The van der Waals surface area contributed by atoms with Crippen LogP contribution in [0.15, 0.2) is 12.4 Å². The number of thiocarbonyl (C=S) groups is 1. The number of amides is 1. The fourth-order valence-corrected chi connectivity index (χ4v) is 2.91. The summed E-state index contributed by atoms with van der Waals surface area (Å²) in [6.45, 7) is 5.10. The minimum Gasteiger partial charge on any atom is -0.392 e. The summed E-state index contributed by atoms with van der Waals surface area (Å²) in [6.07, 6.45) is 4.27. The van der Waals surface area contributed by atoms with Gasteiger partial charge in [-0.3, -0.25) is 14.4 Å². The van der Waals surface area contributed by atoms with Gasteiger partial charge in [-0.05, 0) is 6.42 Å². The van der Waals surface area contributed by atoms with Crippen molar-refractivity contribution in [3.8, 4) is 0 Å². The van der Waals surface area contributed by atoms with Gasteiger partial charge in [0.25, 0.3) is 5.91 Å². The number of aryl methyl sites for hydroxylation is 1. The summed E-state index contributed by atoms with van der Waals surface area (Å²) in [6, 6.07) is 0.139. The zero-order chi connectivity index (χ0) is 14.7. The minimum absolute atomic E-state index is 0.0427. The molecule has 0 spiro atoms. The van der Waals surface area contributed by atoms with Gasteiger partial charge in [-0.1, -0.05) is 19.1 Å². The molecule has 0 aliphatic carbocycles. The highest BCUT2D eigenvalue weighted by molar-refractivity contribution is 7.80. The molecule has 1 atom stereocenters. The van der Waals surface area contributed by atoms with E-state index in [0.717, 1.165) is 19.5 Å². The molecule has 110 valence electrons. The number of piperazine rings is 1. The zero-order valence-electron chi connectivity index (χ0n) is 12.0. The van der Waals surface area contributed by atoms with Crippen LogP contribution in [0.3, 0.4) is 0 Å². The van der Waals surface area contributed by atoms with Crippen LogP contribution in [0.25, 0.3) is 0 Å². The first-order valence-electron chi connectivity index (χ1n) is 6.84. The number of hydrogen-bond acceptors (Lipinski definition) is 4. The van der Waals surface area contributed by atoms with Crippen LogP contribution in [0.5, 0.6) is 0 Å². The smallest absolute Gasteiger partial charge is 0.257 e. The molecule has 1 aromatic heterocycles. The van der Waals surface area contributed by atoms with E-state index in [2.05, 4.69) is 16.9 Å². The van der Waals surface area contributed by atoms with Gasteiger partial charge in [-0.2, -0.15) is 5.10 Å². The Hall–Kier alpha value is -1.47. The topological polar surface area (TPSA) is 67.4 Å². The molecular weight excluding hydrogens is 274 g/mol. The average Bonchev–Trinajstić information content (AvgIpc) is 2.86. The van der Waals surface area contributed by atoms with Crippen molar-refractivity contribution in [3.05, 3.63) is 18.0 Å². The molecule has 2 rings (SSSR count). The standard InChI is InChI=1S/C13H21N5OS/c1-3-11(12(14)20)17-4-6-18(7-5-17)13(19)10-8-15-16(2)9-10/h8-9,11H,3-7H2,1-2H3,(H2,14,20). The van der Waals surface area contributed by atoms with Gasteiger partial charge in [0.1, 0.15) is 0 Å². The predicted octanol–water partition coefficient (Wildman–Crippen LogP) is 0.243. The van der Waals surface area contributed by atoms with Gasteiger partial charge in [-0.25, -0.2) is 0 Å². The lowest BCUT2D eigenvalue weighted by Gasteiger charge is -2.38. The van der Waals surface area contributed by atoms with Crippen LogP contribution in [0.4, 0.5) is 0 Å². The van der Waals surface area contributed by atoms with Crippen molar-refractivity contribution in [2.45, 2.75) is 19.4 Å². The summed E-state index contributed by atoms with van der Waals surface area (Å²) in [4.78, 5) is 17.0. The van der Waals surface area contributed by atoms with Crippen molar-refractivity contribution in [3.63, 3.8) is 0 Å². The number of nitrogens with zero attached hydrogens (tertiary/aromatic N) is 4. The fourth-order valence-electron chi connectivity index (χ4n) is 2.59. The molecule has 0 radical (unpaired) electrons. The van der Waals surface area contributed by atoms with Crippen LogP contribution in [0.1, 0.15) is 23.7 Å². The maximum atomic E-state index is 12.3. The van der Waals surface area contributed by atoms with E-state index >= 15 is 0 Å². The van der Waals surface area contributed by atoms with Crippen molar-refractivity contribution < 1.29 is 4.79 Å². The molecule has 1 aliphatic heterocycles. The van der Waals surface area contributed by atoms with Gasteiger partial charge in [-0.15, -0.1) is 0 Å². The lowest BCUT2D eigenvalue weighted by Crippen LogP contribution is -2.54. The third kappa shape index (κ3) is 3.16. The number of rotatable bonds is 4.